The average Bonchev–Trinajstić information content (AvgIpc) is 2.37. The van der Waals surface area contributed by atoms with Crippen LogP contribution < -0.4 is 11.1 Å². The molecular formula is C13H9ClFN3O3. The summed E-state index contributed by atoms with van der Waals surface area (Å²) in [5.74, 6) is -1.40. The van der Waals surface area contributed by atoms with Gasteiger partial charge in [-0.3, -0.25) is 14.9 Å². The average molecular weight is 310 g/mol. The third-order valence-corrected chi connectivity index (χ3v) is 2.90. The van der Waals surface area contributed by atoms with Crippen molar-refractivity contribution in [3.8, 4) is 0 Å². The Balaban J connectivity index is 2.35. The molecule has 21 heavy (non-hydrogen) atoms. The summed E-state index contributed by atoms with van der Waals surface area (Å²) in [5, 5.41) is 13.5. The van der Waals surface area contributed by atoms with Gasteiger partial charge in [0, 0.05) is 22.8 Å². The largest absolute Gasteiger partial charge is 0.398 e. The number of nitrogens with one attached hydrogen (secondary N) is 1. The van der Waals surface area contributed by atoms with Gasteiger partial charge in [0.1, 0.15) is 11.5 Å². The van der Waals surface area contributed by atoms with Crippen molar-refractivity contribution < 1.29 is 14.1 Å². The first kappa shape index (κ1) is 14.7. The monoisotopic (exact) mass is 309 g/mol. The summed E-state index contributed by atoms with van der Waals surface area (Å²) in [6, 6.07) is 6.96. The van der Waals surface area contributed by atoms with Crippen molar-refractivity contribution in [1.29, 1.82) is 0 Å². The van der Waals surface area contributed by atoms with Crippen LogP contribution in [0.25, 0.3) is 0 Å². The molecule has 0 atom stereocenters. The first-order valence-electron chi connectivity index (χ1n) is 5.69. The molecule has 0 saturated carbocycles. The van der Waals surface area contributed by atoms with Crippen LogP contribution in [0.2, 0.25) is 5.02 Å². The zero-order valence-corrected chi connectivity index (χ0v) is 11.2. The van der Waals surface area contributed by atoms with E-state index in [9.17, 15) is 19.3 Å². The van der Waals surface area contributed by atoms with Crippen molar-refractivity contribution in [3.05, 3.63) is 62.9 Å². The van der Waals surface area contributed by atoms with Crippen molar-refractivity contribution in [2.75, 3.05) is 11.1 Å². The maximum Gasteiger partial charge on any atom is 0.292 e. The van der Waals surface area contributed by atoms with Crippen LogP contribution in [-0.4, -0.2) is 10.8 Å². The fraction of sp³-hybridized carbons (Fsp3) is 0. The summed E-state index contributed by atoms with van der Waals surface area (Å²) in [4.78, 5) is 22.2. The van der Waals surface area contributed by atoms with E-state index >= 15 is 0 Å². The van der Waals surface area contributed by atoms with Gasteiger partial charge in [-0.2, -0.15) is 0 Å². The number of nitro benzene ring substituents is 1. The SMILES string of the molecule is Nc1cc(Cl)ccc1C(=O)Nc1cc(F)ccc1[N+](=O)[O-]. The van der Waals surface area contributed by atoms with Crippen molar-refractivity contribution >= 4 is 34.6 Å². The predicted molar refractivity (Wildman–Crippen MR) is 76.9 cm³/mol. The Bertz CT molecular complexity index is 737. The van der Waals surface area contributed by atoms with E-state index in [1.807, 2.05) is 0 Å². The van der Waals surface area contributed by atoms with Gasteiger partial charge in [-0.15, -0.1) is 0 Å². The number of rotatable bonds is 3. The summed E-state index contributed by atoms with van der Waals surface area (Å²) in [6.45, 7) is 0. The Kier molecular flexibility index (Phi) is 4.04. The number of carbonyl (C=O) groups is 1. The summed E-state index contributed by atoms with van der Waals surface area (Å²) in [5.41, 5.74) is 5.17. The highest BCUT2D eigenvalue weighted by Gasteiger charge is 2.18. The maximum atomic E-state index is 13.2. The molecule has 6 nitrogen and oxygen atoms in total. The van der Waals surface area contributed by atoms with Crippen LogP contribution in [0.1, 0.15) is 10.4 Å². The van der Waals surface area contributed by atoms with Gasteiger partial charge in [0.25, 0.3) is 11.6 Å². The lowest BCUT2D eigenvalue weighted by molar-refractivity contribution is -0.384. The molecule has 8 heteroatoms. The summed E-state index contributed by atoms with van der Waals surface area (Å²) < 4.78 is 13.2. The zero-order chi connectivity index (χ0) is 15.6. The number of nitrogens with two attached hydrogens (primary N) is 1. The molecule has 0 radical (unpaired) electrons. The van der Waals surface area contributed by atoms with Crippen molar-refractivity contribution in [2.45, 2.75) is 0 Å². The van der Waals surface area contributed by atoms with E-state index in [4.69, 9.17) is 17.3 Å². The number of anilines is 2. The van der Waals surface area contributed by atoms with E-state index in [1.165, 1.54) is 18.2 Å². The molecule has 0 aliphatic heterocycles. The van der Waals surface area contributed by atoms with Gasteiger partial charge in [-0.1, -0.05) is 11.6 Å². The van der Waals surface area contributed by atoms with Gasteiger partial charge in [-0.25, -0.2) is 4.39 Å². The maximum absolute atomic E-state index is 13.2. The number of halogens is 2. The second-order valence-corrected chi connectivity index (χ2v) is 4.54. The highest BCUT2D eigenvalue weighted by Crippen LogP contribution is 2.26. The lowest BCUT2D eigenvalue weighted by atomic mass is 10.1. The highest BCUT2D eigenvalue weighted by atomic mass is 35.5. The van der Waals surface area contributed by atoms with E-state index in [1.54, 1.807) is 0 Å². The number of nitro groups is 1. The summed E-state index contributed by atoms with van der Waals surface area (Å²) in [7, 11) is 0. The smallest absolute Gasteiger partial charge is 0.292 e. The number of hydrogen-bond donors (Lipinski definition) is 2. The fourth-order valence-electron chi connectivity index (χ4n) is 1.70. The normalized spacial score (nSPS) is 10.2. The topological polar surface area (TPSA) is 98.3 Å². The minimum Gasteiger partial charge on any atom is -0.398 e. The molecule has 3 N–H and O–H groups in total. The van der Waals surface area contributed by atoms with Crippen LogP contribution in [0.4, 0.5) is 21.5 Å². The quantitative estimate of drug-likeness (QED) is 0.516. The lowest BCUT2D eigenvalue weighted by Crippen LogP contribution is -2.15. The molecule has 108 valence electrons. The third kappa shape index (κ3) is 3.26. The van der Waals surface area contributed by atoms with E-state index in [-0.39, 0.29) is 16.9 Å². The van der Waals surface area contributed by atoms with E-state index in [0.29, 0.717) is 5.02 Å². The molecule has 0 aromatic heterocycles. The van der Waals surface area contributed by atoms with Crippen molar-refractivity contribution in [1.82, 2.24) is 0 Å². The molecule has 2 aromatic rings. The van der Waals surface area contributed by atoms with Crippen LogP contribution in [0.15, 0.2) is 36.4 Å². The highest BCUT2D eigenvalue weighted by molar-refractivity contribution is 6.31. The molecule has 0 unspecified atom stereocenters. The molecule has 2 rings (SSSR count). The Labute approximate surface area is 123 Å². The Morgan fingerprint density at radius 2 is 2.00 bits per heavy atom. The fourth-order valence-corrected chi connectivity index (χ4v) is 1.88. The van der Waals surface area contributed by atoms with Crippen LogP contribution in [0, 0.1) is 15.9 Å². The minimum atomic E-state index is -0.722. The Hall–Kier alpha value is -2.67. The van der Waals surface area contributed by atoms with E-state index in [0.717, 1.165) is 18.2 Å². The van der Waals surface area contributed by atoms with Gasteiger partial charge in [0.15, 0.2) is 0 Å². The number of nitrogen functional groups attached to an aromatic ring is 1. The van der Waals surface area contributed by atoms with Crippen molar-refractivity contribution in [2.24, 2.45) is 0 Å². The Morgan fingerprint density at radius 3 is 2.62 bits per heavy atom. The standard InChI is InChI=1S/C13H9ClFN3O3/c14-7-1-3-9(10(16)5-7)13(19)17-11-6-8(15)2-4-12(11)18(20)21/h1-6H,16H2,(H,17,19). The molecule has 0 fully saturated rings. The number of benzene rings is 2. The van der Waals surface area contributed by atoms with E-state index in [2.05, 4.69) is 5.32 Å². The van der Waals surface area contributed by atoms with Gasteiger partial charge in [0.2, 0.25) is 0 Å². The first-order chi connectivity index (χ1) is 9.88. The van der Waals surface area contributed by atoms with E-state index < -0.39 is 22.3 Å². The molecule has 2 aromatic carbocycles. The molecule has 0 aliphatic carbocycles. The van der Waals surface area contributed by atoms with Crippen LogP contribution in [0.3, 0.4) is 0 Å². The number of nitrogens with zero attached hydrogens (tertiary/aromatic N) is 1. The minimum absolute atomic E-state index is 0.0814. The third-order valence-electron chi connectivity index (χ3n) is 2.66. The number of amides is 1. The summed E-state index contributed by atoms with van der Waals surface area (Å²) in [6.07, 6.45) is 0. The van der Waals surface area contributed by atoms with Crippen LogP contribution in [-0.2, 0) is 0 Å². The molecule has 0 spiro atoms. The second kappa shape index (κ2) is 5.76. The second-order valence-electron chi connectivity index (χ2n) is 4.10. The van der Waals surface area contributed by atoms with Crippen LogP contribution >= 0.6 is 11.6 Å². The molecule has 0 saturated heterocycles. The van der Waals surface area contributed by atoms with Gasteiger partial charge < -0.3 is 11.1 Å². The molecule has 1 amide bonds. The molecular weight excluding hydrogens is 301 g/mol. The zero-order valence-electron chi connectivity index (χ0n) is 10.5. The lowest BCUT2D eigenvalue weighted by Gasteiger charge is -2.08. The molecule has 0 bridgehead atoms. The van der Waals surface area contributed by atoms with Gasteiger partial charge in [-0.05, 0) is 24.3 Å². The number of carbonyl (C=O) groups excluding carboxylic acids is 1. The number of hydrogen-bond acceptors (Lipinski definition) is 4. The summed E-state index contributed by atoms with van der Waals surface area (Å²) >= 11 is 5.72. The Morgan fingerprint density at radius 1 is 1.29 bits per heavy atom. The van der Waals surface area contributed by atoms with Gasteiger partial charge in [0.05, 0.1) is 10.5 Å². The molecule has 0 heterocycles. The van der Waals surface area contributed by atoms with Crippen molar-refractivity contribution in [3.63, 3.8) is 0 Å². The predicted octanol–water partition coefficient (Wildman–Crippen LogP) is 3.22. The van der Waals surface area contributed by atoms with Gasteiger partial charge >= 0.3 is 0 Å². The van der Waals surface area contributed by atoms with Crippen LogP contribution in [0.5, 0.6) is 0 Å². The first-order valence-corrected chi connectivity index (χ1v) is 6.06. The molecule has 0 aliphatic rings.